The van der Waals surface area contributed by atoms with Gasteiger partial charge in [-0.15, -0.1) is 0 Å². The van der Waals surface area contributed by atoms with Crippen molar-refractivity contribution in [3.63, 3.8) is 0 Å². The summed E-state index contributed by atoms with van der Waals surface area (Å²) in [4.78, 5) is 4.31. The fourth-order valence-corrected chi connectivity index (χ4v) is 3.05. The zero-order valence-corrected chi connectivity index (χ0v) is 11.3. The van der Waals surface area contributed by atoms with Gasteiger partial charge in [0.1, 0.15) is 0 Å². The van der Waals surface area contributed by atoms with Crippen molar-refractivity contribution in [2.75, 3.05) is 0 Å². The third-order valence-corrected chi connectivity index (χ3v) is 3.97. The minimum atomic E-state index is 0.130. The van der Waals surface area contributed by atoms with Crippen molar-refractivity contribution in [1.82, 2.24) is 9.55 Å². The molecule has 2 rings (SSSR count). The molecule has 1 aromatic rings. The molecule has 1 fully saturated rings. The number of aromatic nitrogens is 2. The topological polar surface area (TPSA) is 43.8 Å². The van der Waals surface area contributed by atoms with Crippen LogP contribution in [-0.2, 0) is 0 Å². The summed E-state index contributed by atoms with van der Waals surface area (Å²) in [5.41, 5.74) is 7.51. The SMILES string of the molecule is CC(C)CC(N)c1cncn1C1CCCC1C. The van der Waals surface area contributed by atoms with E-state index in [0.29, 0.717) is 12.0 Å². The first-order valence-electron chi connectivity index (χ1n) is 6.87. The van der Waals surface area contributed by atoms with E-state index in [0.717, 1.165) is 12.3 Å². The largest absolute Gasteiger partial charge is 0.330 e. The highest BCUT2D eigenvalue weighted by Gasteiger charge is 2.27. The van der Waals surface area contributed by atoms with Crippen molar-refractivity contribution < 1.29 is 0 Å². The molecule has 3 atom stereocenters. The number of imidazole rings is 1. The fourth-order valence-electron chi connectivity index (χ4n) is 3.05. The van der Waals surface area contributed by atoms with Crippen molar-refractivity contribution in [3.8, 4) is 0 Å². The molecule has 96 valence electrons. The standard InChI is InChI=1S/C14H25N3/c1-10(2)7-12(15)14-8-16-9-17(14)13-6-4-5-11(13)3/h8-13H,4-7,15H2,1-3H3. The van der Waals surface area contributed by atoms with Crippen molar-refractivity contribution in [1.29, 1.82) is 0 Å². The summed E-state index contributed by atoms with van der Waals surface area (Å²) < 4.78 is 2.34. The molecular weight excluding hydrogens is 210 g/mol. The second kappa shape index (κ2) is 5.21. The van der Waals surface area contributed by atoms with Crippen LogP contribution in [0.2, 0.25) is 0 Å². The molecule has 0 bridgehead atoms. The van der Waals surface area contributed by atoms with Crippen LogP contribution in [0.25, 0.3) is 0 Å². The lowest BCUT2D eigenvalue weighted by Crippen LogP contribution is -2.21. The lowest BCUT2D eigenvalue weighted by molar-refractivity contribution is 0.380. The van der Waals surface area contributed by atoms with Gasteiger partial charge in [0.25, 0.3) is 0 Å². The predicted molar refractivity (Wildman–Crippen MR) is 70.7 cm³/mol. The van der Waals surface area contributed by atoms with E-state index < -0.39 is 0 Å². The molecule has 3 unspecified atom stereocenters. The van der Waals surface area contributed by atoms with E-state index in [-0.39, 0.29) is 6.04 Å². The zero-order valence-electron chi connectivity index (χ0n) is 11.3. The zero-order chi connectivity index (χ0) is 12.4. The van der Waals surface area contributed by atoms with Crippen LogP contribution in [0, 0.1) is 11.8 Å². The lowest BCUT2D eigenvalue weighted by atomic mass is 10.0. The molecule has 3 heteroatoms. The summed E-state index contributed by atoms with van der Waals surface area (Å²) in [6.07, 6.45) is 8.91. The second-order valence-electron chi connectivity index (χ2n) is 5.94. The maximum absolute atomic E-state index is 6.29. The summed E-state index contributed by atoms with van der Waals surface area (Å²) in [5.74, 6) is 1.39. The Bertz CT molecular complexity index is 356. The molecule has 17 heavy (non-hydrogen) atoms. The molecule has 1 aliphatic carbocycles. The molecular formula is C14H25N3. The van der Waals surface area contributed by atoms with Gasteiger partial charge in [-0.05, 0) is 31.1 Å². The molecule has 0 saturated heterocycles. The van der Waals surface area contributed by atoms with E-state index in [2.05, 4.69) is 30.3 Å². The molecule has 1 aliphatic rings. The van der Waals surface area contributed by atoms with Crippen LogP contribution >= 0.6 is 0 Å². The minimum absolute atomic E-state index is 0.130. The quantitative estimate of drug-likeness (QED) is 0.870. The van der Waals surface area contributed by atoms with Crippen LogP contribution in [0.3, 0.4) is 0 Å². The van der Waals surface area contributed by atoms with Gasteiger partial charge in [0.05, 0.1) is 12.0 Å². The molecule has 1 heterocycles. The molecule has 0 spiro atoms. The van der Waals surface area contributed by atoms with Crippen LogP contribution in [-0.4, -0.2) is 9.55 Å². The van der Waals surface area contributed by atoms with Crippen molar-refractivity contribution in [2.24, 2.45) is 17.6 Å². The molecule has 2 N–H and O–H groups in total. The Balaban J connectivity index is 2.16. The summed E-state index contributed by atoms with van der Waals surface area (Å²) in [6, 6.07) is 0.746. The Hall–Kier alpha value is -0.830. The van der Waals surface area contributed by atoms with Crippen LogP contribution < -0.4 is 5.73 Å². The summed E-state index contributed by atoms with van der Waals surface area (Å²) in [5, 5.41) is 0. The average Bonchev–Trinajstić information content (AvgIpc) is 2.83. The first-order chi connectivity index (χ1) is 8.09. The molecule has 0 aliphatic heterocycles. The average molecular weight is 235 g/mol. The van der Waals surface area contributed by atoms with Crippen LogP contribution in [0.4, 0.5) is 0 Å². The van der Waals surface area contributed by atoms with E-state index in [1.165, 1.54) is 25.0 Å². The Morgan fingerprint density at radius 3 is 2.82 bits per heavy atom. The fraction of sp³-hybridized carbons (Fsp3) is 0.786. The highest BCUT2D eigenvalue weighted by molar-refractivity contribution is 5.07. The van der Waals surface area contributed by atoms with Crippen LogP contribution in [0.15, 0.2) is 12.5 Å². The first-order valence-corrected chi connectivity index (χ1v) is 6.87. The maximum Gasteiger partial charge on any atom is 0.0951 e. The number of nitrogens with zero attached hydrogens (tertiary/aromatic N) is 2. The highest BCUT2D eigenvalue weighted by Crippen LogP contribution is 2.37. The van der Waals surface area contributed by atoms with Gasteiger partial charge >= 0.3 is 0 Å². The molecule has 1 aromatic heterocycles. The van der Waals surface area contributed by atoms with Gasteiger partial charge in [-0.25, -0.2) is 4.98 Å². The Morgan fingerprint density at radius 1 is 1.47 bits per heavy atom. The summed E-state index contributed by atoms with van der Waals surface area (Å²) in [7, 11) is 0. The third kappa shape index (κ3) is 2.71. The summed E-state index contributed by atoms with van der Waals surface area (Å²) in [6.45, 7) is 6.78. The molecule has 1 saturated carbocycles. The molecule has 0 aromatic carbocycles. The second-order valence-corrected chi connectivity index (χ2v) is 5.94. The van der Waals surface area contributed by atoms with E-state index in [9.17, 15) is 0 Å². The lowest BCUT2D eigenvalue weighted by Gasteiger charge is -2.23. The van der Waals surface area contributed by atoms with Gasteiger partial charge in [0.15, 0.2) is 0 Å². The van der Waals surface area contributed by atoms with E-state index in [4.69, 9.17) is 5.73 Å². The normalized spacial score (nSPS) is 26.6. The van der Waals surface area contributed by atoms with Crippen LogP contribution in [0.5, 0.6) is 0 Å². The number of nitrogens with two attached hydrogens (primary N) is 1. The Morgan fingerprint density at radius 2 is 2.24 bits per heavy atom. The summed E-state index contributed by atoms with van der Waals surface area (Å²) >= 11 is 0. The number of hydrogen-bond donors (Lipinski definition) is 1. The van der Waals surface area contributed by atoms with Crippen LogP contribution in [0.1, 0.15) is 64.2 Å². The van der Waals surface area contributed by atoms with Gasteiger partial charge in [-0.2, -0.15) is 0 Å². The van der Waals surface area contributed by atoms with E-state index >= 15 is 0 Å². The molecule has 3 nitrogen and oxygen atoms in total. The van der Waals surface area contributed by atoms with Gasteiger partial charge in [0.2, 0.25) is 0 Å². The van der Waals surface area contributed by atoms with Gasteiger partial charge in [-0.3, -0.25) is 0 Å². The predicted octanol–water partition coefficient (Wildman–Crippen LogP) is 3.29. The first kappa shape index (κ1) is 12.6. The third-order valence-electron chi connectivity index (χ3n) is 3.97. The molecule has 0 radical (unpaired) electrons. The number of rotatable bonds is 4. The minimum Gasteiger partial charge on any atom is -0.330 e. The maximum atomic E-state index is 6.29. The molecule has 0 amide bonds. The van der Waals surface area contributed by atoms with Crippen molar-refractivity contribution in [2.45, 2.75) is 58.5 Å². The smallest absolute Gasteiger partial charge is 0.0951 e. The Kier molecular flexibility index (Phi) is 3.87. The van der Waals surface area contributed by atoms with E-state index in [1.807, 2.05) is 12.5 Å². The van der Waals surface area contributed by atoms with Crippen molar-refractivity contribution in [3.05, 3.63) is 18.2 Å². The van der Waals surface area contributed by atoms with E-state index in [1.54, 1.807) is 0 Å². The van der Waals surface area contributed by atoms with Gasteiger partial charge < -0.3 is 10.3 Å². The van der Waals surface area contributed by atoms with Gasteiger partial charge in [-0.1, -0.05) is 27.2 Å². The van der Waals surface area contributed by atoms with Gasteiger partial charge in [0, 0.05) is 18.3 Å². The monoisotopic (exact) mass is 235 g/mol. The number of hydrogen-bond acceptors (Lipinski definition) is 2. The highest BCUT2D eigenvalue weighted by atomic mass is 15.1. The Labute approximate surface area is 104 Å². The van der Waals surface area contributed by atoms with Crippen molar-refractivity contribution >= 4 is 0 Å².